The van der Waals surface area contributed by atoms with Gasteiger partial charge in [-0.3, -0.25) is 0 Å². The molecule has 0 amide bonds. The summed E-state index contributed by atoms with van der Waals surface area (Å²) in [5.74, 6) is 3.06. The molecule has 0 atom stereocenters. The van der Waals surface area contributed by atoms with E-state index in [1.54, 1.807) is 0 Å². The van der Waals surface area contributed by atoms with Crippen molar-refractivity contribution < 1.29 is 4.42 Å². The lowest BCUT2D eigenvalue weighted by Crippen LogP contribution is -2.24. The van der Waals surface area contributed by atoms with Crippen molar-refractivity contribution >= 4 is 0 Å². The van der Waals surface area contributed by atoms with Crippen LogP contribution in [0.15, 0.2) is 10.5 Å². The van der Waals surface area contributed by atoms with E-state index in [-0.39, 0.29) is 0 Å². The first kappa shape index (κ1) is 15.6. The van der Waals surface area contributed by atoms with Gasteiger partial charge in [-0.1, -0.05) is 19.8 Å². The van der Waals surface area contributed by atoms with Crippen molar-refractivity contribution in [1.29, 1.82) is 0 Å². The fraction of sp³-hybridized carbons (Fsp3) is 0.765. The average molecular weight is 278 g/mol. The molecule has 2 rings (SSSR count). The summed E-state index contributed by atoms with van der Waals surface area (Å²) in [6.45, 7) is 8.41. The van der Waals surface area contributed by atoms with E-state index in [0.29, 0.717) is 0 Å². The standard InChI is InChI=1S/C17H30N2O/c1-4-9-18-11-17-10-16(14(2)20-17)13-19(3)12-15-7-5-6-8-15/h10,15,18H,4-9,11-13H2,1-3H3. The highest BCUT2D eigenvalue weighted by Gasteiger charge is 2.17. The van der Waals surface area contributed by atoms with Crippen molar-refractivity contribution in [3.8, 4) is 0 Å². The molecule has 20 heavy (non-hydrogen) atoms. The number of rotatable bonds is 8. The highest BCUT2D eigenvalue weighted by molar-refractivity contribution is 5.20. The molecule has 1 aliphatic rings. The fourth-order valence-electron chi connectivity index (χ4n) is 3.21. The van der Waals surface area contributed by atoms with Gasteiger partial charge in [0.15, 0.2) is 0 Å². The second kappa shape index (κ2) is 7.84. The minimum atomic E-state index is 0.848. The fourth-order valence-corrected chi connectivity index (χ4v) is 3.21. The van der Waals surface area contributed by atoms with Crippen LogP contribution in [0.2, 0.25) is 0 Å². The van der Waals surface area contributed by atoms with Crippen LogP contribution in [0.1, 0.15) is 56.1 Å². The zero-order valence-corrected chi connectivity index (χ0v) is 13.4. The third-order valence-corrected chi connectivity index (χ3v) is 4.28. The minimum absolute atomic E-state index is 0.848. The molecule has 0 aliphatic heterocycles. The Morgan fingerprint density at radius 2 is 2.10 bits per heavy atom. The summed E-state index contributed by atoms with van der Waals surface area (Å²) in [7, 11) is 2.24. The number of furan rings is 1. The minimum Gasteiger partial charge on any atom is -0.465 e. The van der Waals surface area contributed by atoms with Gasteiger partial charge in [0.25, 0.3) is 0 Å². The van der Waals surface area contributed by atoms with Gasteiger partial charge in [0, 0.05) is 18.7 Å². The normalized spacial score (nSPS) is 16.4. The molecule has 1 N–H and O–H groups in total. The highest BCUT2D eigenvalue weighted by atomic mass is 16.3. The van der Waals surface area contributed by atoms with Crippen LogP contribution >= 0.6 is 0 Å². The molecule has 0 saturated heterocycles. The van der Waals surface area contributed by atoms with E-state index in [0.717, 1.165) is 43.5 Å². The maximum atomic E-state index is 5.84. The first-order valence-corrected chi connectivity index (χ1v) is 8.16. The van der Waals surface area contributed by atoms with Crippen LogP contribution in [0.5, 0.6) is 0 Å². The molecule has 1 aliphatic carbocycles. The summed E-state index contributed by atoms with van der Waals surface area (Å²) in [6, 6.07) is 2.23. The molecule has 3 nitrogen and oxygen atoms in total. The van der Waals surface area contributed by atoms with Crippen molar-refractivity contribution in [2.45, 2.75) is 59.0 Å². The largest absolute Gasteiger partial charge is 0.465 e. The van der Waals surface area contributed by atoms with Crippen LogP contribution in [0.25, 0.3) is 0 Å². The molecule has 3 heteroatoms. The van der Waals surface area contributed by atoms with Crippen molar-refractivity contribution in [3.63, 3.8) is 0 Å². The van der Waals surface area contributed by atoms with Crippen molar-refractivity contribution in [3.05, 3.63) is 23.2 Å². The third kappa shape index (κ3) is 4.64. The Hall–Kier alpha value is -0.800. The molecule has 1 aromatic heterocycles. The molecule has 1 fully saturated rings. The number of aryl methyl sites for hydroxylation is 1. The second-order valence-corrected chi connectivity index (χ2v) is 6.32. The Bertz CT molecular complexity index is 394. The Labute approximate surface area is 123 Å². The number of hydrogen-bond donors (Lipinski definition) is 1. The van der Waals surface area contributed by atoms with Gasteiger partial charge in [-0.2, -0.15) is 0 Å². The van der Waals surface area contributed by atoms with Crippen LogP contribution < -0.4 is 5.32 Å². The molecule has 114 valence electrons. The lowest BCUT2D eigenvalue weighted by molar-refractivity contribution is 0.269. The summed E-state index contributed by atoms with van der Waals surface area (Å²) in [5.41, 5.74) is 1.35. The average Bonchev–Trinajstić information content (AvgIpc) is 3.01. The van der Waals surface area contributed by atoms with Crippen molar-refractivity contribution in [2.75, 3.05) is 20.1 Å². The summed E-state index contributed by atoms with van der Waals surface area (Å²) in [5, 5.41) is 3.40. The molecule has 0 radical (unpaired) electrons. The topological polar surface area (TPSA) is 28.4 Å². The molecule has 0 bridgehead atoms. The zero-order valence-electron chi connectivity index (χ0n) is 13.4. The van der Waals surface area contributed by atoms with E-state index < -0.39 is 0 Å². The first-order valence-electron chi connectivity index (χ1n) is 8.16. The Kier molecular flexibility index (Phi) is 6.11. The van der Waals surface area contributed by atoms with E-state index >= 15 is 0 Å². The lowest BCUT2D eigenvalue weighted by Gasteiger charge is -2.20. The van der Waals surface area contributed by atoms with Gasteiger partial charge < -0.3 is 14.6 Å². The van der Waals surface area contributed by atoms with Gasteiger partial charge in [-0.15, -0.1) is 0 Å². The SMILES string of the molecule is CCCNCc1cc(CN(C)CC2CCCC2)c(C)o1. The predicted molar refractivity (Wildman–Crippen MR) is 83.7 cm³/mol. The second-order valence-electron chi connectivity index (χ2n) is 6.32. The zero-order chi connectivity index (χ0) is 14.4. The smallest absolute Gasteiger partial charge is 0.118 e. The molecule has 0 spiro atoms. The molecule has 1 aromatic rings. The molecular weight excluding hydrogens is 248 g/mol. The molecule has 0 aromatic carbocycles. The maximum absolute atomic E-state index is 5.84. The number of nitrogens with one attached hydrogen (secondary N) is 1. The van der Waals surface area contributed by atoms with Gasteiger partial charge in [0.1, 0.15) is 11.5 Å². The monoisotopic (exact) mass is 278 g/mol. The van der Waals surface area contributed by atoms with Gasteiger partial charge >= 0.3 is 0 Å². The Balaban J connectivity index is 1.81. The van der Waals surface area contributed by atoms with E-state index in [1.165, 1.54) is 37.8 Å². The highest BCUT2D eigenvalue weighted by Crippen LogP contribution is 2.26. The van der Waals surface area contributed by atoms with Gasteiger partial charge in [0.2, 0.25) is 0 Å². The van der Waals surface area contributed by atoms with E-state index in [9.17, 15) is 0 Å². The predicted octanol–water partition coefficient (Wildman–Crippen LogP) is 3.71. The summed E-state index contributed by atoms with van der Waals surface area (Å²) in [6.07, 6.45) is 6.85. The Morgan fingerprint density at radius 3 is 2.80 bits per heavy atom. The van der Waals surface area contributed by atoms with Gasteiger partial charge in [-0.25, -0.2) is 0 Å². The van der Waals surface area contributed by atoms with Crippen molar-refractivity contribution in [2.24, 2.45) is 5.92 Å². The Morgan fingerprint density at radius 1 is 1.35 bits per heavy atom. The summed E-state index contributed by atoms with van der Waals surface area (Å²) >= 11 is 0. The van der Waals surface area contributed by atoms with E-state index in [4.69, 9.17) is 4.42 Å². The number of hydrogen-bond acceptors (Lipinski definition) is 3. The number of nitrogens with zero attached hydrogens (tertiary/aromatic N) is 1. The van der Waals surface area contributed by atoms with E-state index in [1.807, 2.05) is 0 Å². The van der Waals surface area contributed by atoms with Gasteiger partial charge in [0.05, 0.1) is 6.54 Å². The van der Waals surface area contributed by atoms with E-state index in [2.05, 4.69) is 37.2 Å². The summed E-state index contributed by atoms with van der Waals surface area (Å²) in [4.78, 5) is 2.46. The first-order chi connectivity index (χ1) is 9.69. The van der Waals surface area contributed by atoms with Crippen LogP contribution in [0, 0.1) is 12.8 Å². The summed E-state index contributed by atoms with van der Waals surface area (Å²) < 4.78 is 5.84. The van der Waals surface area contributed by atoms with Crippen LogP contribution in [-0.2, 0) is 13.1 Å². The lowest BCUT2D eigenvalue weighted by atomic mass is 10.1. The van der Waals surface area contributed by atoms with Gasteiger partial charge in [-0.05, 0) is 51.8 Å². The quantitative estimate of drug-likeness (QED) is 0.735. The molecule has 1 saturated carbocycles. The molecule has 1 heterocycles. The third-order valence-electron chi connectivity index (χ3n) is 4.28. The maximum Gasteiger partial charge on any atom is 0.118 e. The van der Waals surface area contributed by atoms with Crippen LogP contribution in [-0.4, -0.2) is 25.0 Å². The van der Waals surface area contributed by atoms with Crippen LogP contribution in [0.3, 0.4) is 0 Å². The van der Waals surface area contributed by atoms with Crippen molar-refractivity contribution in [1.82, 2.24) is 10.2 Å². The van der Waals surface area contributed by atoms with Crippen LogP contribution in [0.4, 0.5) is 0 Å². The molecular formula is C17H30N2O. The molecule has 0 unspecified atom stereocenters.